The van der Waals surface area contributed by atoms with Gasteiger partial charge in [-0.05, 0) is 44.3 Å². The van der Waals surface area contributed by atoms with E-state index < -0.39 is 0 Å². The summed E-state index contributed by atoms with van der Waals surface area (Å²) >= 11 is 0. The first-order valence-electron chi connectivity index (χ1n) is 4.97. The van der Waals surface area contributed by atoms with Gasteiger partial charge in [-0.15, -0.1) is 0 Å². The molecule has 0 aromatic carbocycles. The molecule has 0 aromatic heterocycles. The molecule has 0 unspecified atom stereocenters. The number of hydrogen-bond acceptors (Lipinski definition) is 1. The van der Waals surface area contributed by atoms with Gasteiger partial charge >= 0.3 is 0 Å². The first kappa shape index (κ1) is 11.0. The molecule has 0 saturated heterocycles. The molecule has 1 nitrogen and oxygen atoms in total. The van der Waals surface area contributed by atoms with Crippen LogP contribution < -0.4 is 0 Å². The molecule has 14 heavy (non-hydrogen) atoms. The highest BCUT2D eigenvalue weighted by molar-refractivity contribution is 5.97. The van der Waals surface area contributed by atoms with Crippen molar-refractivity contribution in [3.05, 3.63) is 35.5 Å². The third-order valence-electron chi connectivity index (χ3n) is 2.97. The van der Waals surface area contributed by atoms with Crippen molar-refractivity contribution in [3.8, 4) is 0 Å². The molecule has 76 valence electrons. The van der Waals surface area contributed by atoms with Crippen LogP contribution in [0.5, 0.6) is 0 Å². The zero-order chi connectivity index (χ0) is 10.9. The monoisotopic (exact) mass is 190 g/mol. The average Bonchev–Trinajstić information content (AvgIpc) is 2.08. The maximum atomic E-state index is 11.7. The van der Waals surface area contributed by atoms with Crippen molar-refractivity contribution in [1.82, 2.24) is 0 Å². The predicted octanol–water partition coefficient (Wildman–Crippen LogP) is 3.43. The lowest BCUT2D eigenvalue weighted by Gasteiger charge is -2.25. The van der Waals surface area contributed by atoms with Gasteiger partial charge in [0.1, 0.15) is 0 Å². The second-order valence-corrected chi connectivity index (χ2v) is 4.26. The van der Waals surface area contributed by atoms with E-state index in [1.54, 1.807) is 0 Å². The topological polar surface area (TPSA) is 17.1 Å². The molecule has 0 radical (unpaired) electrons. The second-order valence-electron chi connectivity index (χ2n) is 4.26. The van der Waals surface area contributed by atoms with Crippen LogP contribution in [0.1, 0.15) is 33.6 Å². The van der Waals surface area contributed by atoms with Crippen LogP contribution in [-0.4, -0.2) is 5.78 Å². The molecule has 1 rings (SSSR count). The fourth-order valence-corrected chi connectivity index (χ4v) is 1.86. The molecule has 1 heteroatoms. The number of allylic oxidation sites excluding steroid dienone is 4. The van der Waals surface area contributed by atoms with Crippen molar-refractivity contribution in [2.45, 2.75) is 33.6 Å². The fourth-order valence-electron chi connectivity index (χ4n) is 1.86. The summed E-state index contributed by atoms with van der Waals surface area (Å²) < 4.78 is 0. The van der Waals surface area contributed by atoms with E-state index >= 15 is 0 Å². The second kappa shape index (κ2) is 3.95. The normalized spacial score (nSPS) is 22.5. The van der Waals surface area contributed by atoms with Crippen LogP contribution in [0, 0.1) is 5.92 Å². The molecule has 1 aliphatic carbocycles. The molecule has 1 aliphatic rings. The summed E-state index contributed by atoms with van der Waals surface area (Å²) in [6, 6.07) is 0. The lowest BCUT2D eigenvalue weighted by Crippen LogP contribution is -2.19. The Labute approximate surface area is 86.2 Å². The van der Waals surface area contributed by atoms with Gasteiger partial charge in [-0.25, -0.2) is 0 Å². The van der Waals surface area contributed by atoms with Gasteiger partial charge in [0, 0.05) is 6.42 Å². The predicted molar refractivity (Wildman–Crippen MR) is 60.1 cm³/mol. The molecule has 0 N–H and O–H groups in total. The number of rotatable bonds is 2. The molecule has 1 atom stereocenters. The first-order chi connectivity index (χ1) is 6.43. The summed E-state index contributed by atoms with van der Waals surface area (Å²) in [6.07, 6.45) is 1.56. The Morgan fingerprint density at radius 3 is 2.29 bits per heavy atom. The van der Waals surface area contributed by atoms with E-state index in [4.69, 9.17) is 0 Å². The summed E-state index contributed by atoms with van der Waals surface area (Å²) in [5.74, 6) is 0.570. The van der Waals surface area contributed by atoms with Crippen molar-refractivity contribution < 1.29 is 4.79 Å². The van der Waals surface area contributed by atoms with E-state index in [0.29, 0.717) is 12.3 Å². The lowest BCUT2D eigenvalue weighted by molar-refractivity contribution is -0.116. The van der Waals surface area contributed by atoms with Crippen molar-refractivity contribution in [3.63, 3.8) is 0 Å². The van der Waals surface area contributed by atoms with Gasteiger partial charge in [0.25, 0.3) is 0 Å². The summed E-state index contributed by atoms with van der Waals surface area (Å²) in [4.78, 5) is 11.7. The zero-order valence-corrected chi connectivity index (χ0v) is 9.31. The van der Waals surface area contributed by atoms with Gasteiger partial charge < -0.3 is 0 Å². The molecule has 0 heterocycles. The van der Waals surface area contributed by atoms with Gasteiger partial charge in [0.05, 0.1) is 0 Å². The number of hydrogen-bond donors (Lipinski definition) is 0. The first-order valence-corrected chi connectivity index (χ1v) is 4.97. The standard InChI is InChI=1S/C13H18O/c1-8(2)11-6-12(9(3)4)10(5)13(14)7-11/h11H,1,3,6-7H2,2,4-5H3/t11-/m0/s1. The minimum atomic E-state index is 0.252. The summed E-state index contributed by atoms with van der Waals surface area (Å²) in [5.41, 5.74) is 4.15. The fraction of sp³-hybridized carbons (Fsp3) is 0.462. The van der Waals surface area contributed by atoms with Gasteiger partial charge in [-0.1, -0.05) is 24.3 Å². The molecule has 0 aliphatic heterocycles. The average molecular weight is 190 g/mol. The highest BCUT2D eigenvalue weighted by Gasteiger charge is 2.25. The maximum Gasteiger partial charge on any atom is 0.159 e. The van der Waals surface area contributed by atoms with Crippen molar-refractivity contribution in [1.29, 1.82) is 0 Å². The van der Waals surface area contributed by atoms with E-state index in [1.807, 2.05) is 20.8 Å². The van der Waals surface area contributed by atoms with Crippen LogP contribution >= 0.6 is 0 Å². The number of Topliss-reactive ketones (excluding diaryl/α,β-unsaturated/α-hetero) is 1. The molecular formula is C13H18O. The Morgan fingerprint density at radius 2 is 1.86 bits per heavy atom. The molecule has 0 aromatic rings. The Kier molecular flexibility index (Phi) is 3.10. The van der Waals surface area contributed by atoms with Crippen LogP contribution in [0.3, 0.4) is 0 Å². The third-order valence-corrected chi connectivity index (χ3v) is 2.97. The van der Waals surface area contributed by atoms with Crippen LogP contribution in [-0.2, 0) is 4.79 Å². The molecule has 0 spiro atoms. The third kappa shape index (κ3) is 2.03. The largest absolute Gasteiger partial charge is 0.295 e. The zero-order valence-electron chi connectivity index (χ0n) is 9.31. The summed E-state index contributed by atoms with van der Waals surface area (Å²) in [5, 5.41) is 0. The van der Waals surface area contributed by atoms with Crippen molar-refractivity contribution in [2.75, 3.05) is 0 Å². The van der Waals surface area contributed by atoms with Gasteiger partial charge in [0.15, 0.2) is 5.78 Å². The van der Waals surface area contributed by atoms with Crippen molar-refractivity contribution in [2.24, 2.45) is 5.92 Å². The lowest BCUT2D eigenvalue weighted by atomic mass is 9.78. The molecule has 0 amide bonds. The molecule has 0 fully saturated rings. The summed E-state index contributed by atoms with van der Waals surface area (Å²) in [7, 11) is 0. The Balaban J connectivity index is 3.02. The van der Waals surface area contributed by atoms with E-state index in [0.717, 1.165) is 28.7 Å². The van der Waals surface area contributed by atoms with Gasteiger partial charge in [-0.3, -0.25) is 4.79 Å². The van der Waals surface area contributed by atoms with E-state index in [-0.39, 0.29) is 5.78 Å². The Morgan fingerprint density at radius 1 is 1.29 bits per heavy atom. The SMILES string of the molecule is C=C(C)C1=C(C)C(=O)C[C@@H](C(=C)C)C1. The molecule has 0 saturated carbocycles. The maximum absolute atomic E-state index is 11.7. The van der Waals surface area contributed by atoms with Gasteiger partial charge in [0.2, 0.25) is 0 Å². The molecular weight excluding hydrogens is 172 g/mol. The van der Waals surface area contributed by atoms with Crippen LogP contribution in [0.2, 0.25) is 0 Å². The highest BCUT2D eigenvalue weighted by Crippen LogP contribution is 2.33. The van der Waals surface area contributed by atoms with Crippen LogP contribution in [0.15, 0.2) is 35.5 Å². The number of carbonyl (C=O) groups is 1. The minimum Gasteiger partial charge on any atom is -0.295 e. The van der Waals surface area contributed by atoms with E-state index in [2.05, 4.69) is 13.2 Å². The number of carbonyl (C=O) groups excluding carboxylic acids is 1. The number of ketones is 1. The summed E-state index contributed by atoms with van der Waals surface area (Å²) in [6.45, 7) is 13.7. The van der Waals surface area contributed by atoms with Crippen LogP contribution in [0.25, 0.3) is 0 Å². The Bertz CT molecular complexity index is 331. The Hall–Kier alpha value is -1.11. The van der Waals surface area contributed by atoms with Gasteiger partial charge in [-0.2, -0.15) is 0 Å². The van der Waals surface area contributed by atoms with E-state index in [9.17, 15) is 4.79 Å². The highest BCUT2D eigenvalue weighted by atomic mass is 16.1. The van der Waals surface area contributed by atoms with E-state index in [1.165, 1.54) is 0 Å². The smallest absolute Gasteiger partial charge is 0.159 e. The minimum absolute atomic E-state index is 0.252. The quantitative estimate of drug-likeness (QED) is 0.610. The molecule has 0 bridgehead atoms. The van der Waals surface area contributed by atoms with Crippen LogP contribution in [0.4, 0.5) is 0 Å². The van der Waals surface area contributed by atoms with Crippen molar-refractivity contribution >= 4 is 5.78 Å².